The van der Waals surface area contributed by atoms with Crippen molar-refractivity contribution in [2.75, 3.05) is 26.0 Å². The second-order valence-corrected chi connectivity index (χ2v) is 3.43. The summed E-state index contributed by atoms with van der Waals surface area (Å²) in [6.07, 6.45) is 2.35. The van der Waals surface area contributed by atoms with E-state index in [-0.39, 0.29) is 0 Å². The molecular weight excluding hydrogens is 188 g/mol. The Labute approximate surface area is 90.5 Å². The van der Waals surface area contributed by atoms with Gasteiger partial charge in [0.1, 0.15) is 0 Å². The summed E-state index contributed by atoms with van der Waals surface area (Å²) in [6.45, 7) is 1.55. The third kappa shape index (κ3) is 3.96. The molecule has 0 spiro atoms. The normalized spacial score (nSPS) is 10.0. The van der Waals surface area contributed by atoms with Gasteiger partial charge in [0.05, 0.1) is 11.8 Å². The van der Waals surface area contributed by atoms with Crippen LogP contribution < -0.4 is 5.32 Å². The van der Waals surface area contributed by atoms with E-state index in [9.17, 15) is 0 Å². The van der Waals surface area contributed by atoms with E-state index in [2.05, 4.69) is 21.3 Å². The van der Waals surface area contributed by atoms with E-state index in [0.29, 0.717) is 6.42 Å². The Morgan fingerprint density at radius 1 is 1.60 bits per heavy atom. The highest BCUT2D eigenvalue weighted by Crippen LogP contribution is 2.08. The molecule has 1 rings (SSSR count). The van der Waals surface area contributed by atoms with Crippen LogP contribution in [0.4, 0.5) is 5.69 Å². The van der Waals surface area contributed by atoms with Crippen LogP contribution in [0, 0.1) is 11.3 Å². The minimum Gasteiger partial charge on any atom is -0.388 e. The van der Waals surface area contributed by atoms with Gasteiger partial charge in [-0.05, 0) is 19.2 Å². The van der Waals surface area contributed by atoms with Crippen LogP contribution in [0.15, 0.2) is 18.3 Å². The number of hydrogen-bond acceptors (Lipinski definition) is 4. The molecule has 0 unspecified atom stereocenters. The van der Waals surface area contributed by atoms with E-state index in [4.69, 9.17) is 5.26 Å². The van der Waals surface area contributed by atoms with Gasteiger partial charge in [-0.1, -0.05) is 0 Å². The van der Waals surface area contributed by atoms with Crippen LogP contribution in [0.5, 0.6) is 0 Å². The minimum atomic E-state index is 0.558. The zero-order valence-electron chi connectivity index (χ0n) is 9.20. The number of nitrogens with one attached hydrogen (secondary N) is 1. The van der Waals surface area contributed by atoms with Gasteiger partial charge in [0, 0.05) is 38.4 Å². The van der Waals surface area contributed by atoms with Crippen molar-refractivity contribution in [2.24, 2.45) is 0 Å². The van der Waals surface area contributed by atoms with Crippen LogP contribution in [0.2, 0.25) is 0 Å². The molecule has 4 nitrogen and oxygen atoms in total. The largest absolute Gasteiger partial charge is 0.388 e. The molecule has 1 aromatic heterocycles. The second kappa shape index (κ2) is 5.99. The van der Waals surface area contributed by atoms with Gasteiger partial charge in [0.25, 0.3) is 0 Å². The van der Waals surface area contributed by atoms with E-state index in [1.807, 2.05) is 26.2 Å². The van der Waals surface area contributed by atoms with Crippen LogP contribution in [0.25, 0.3) is 0 Å². The average molecular weight is 204 g/mol. The molecule has 4 heteroatoms. The summed E-state index contributed by atoms with van der Waals surface area (Å²) in [4.78, 5) is 6.36. The fourth-order valence-corrected chi connectivity index (χ4v) is 1.32. The molecule has 0 radical (unpaired) electrons. The van der Waals surface area contributed by atoms with Gasteiger partial charge in [0.2, 0.25) is 0 Å². The number of nitriles is 1. The third-order valence-corrected chi connectivity index (χ3v) is 2.14. The zero-order chi connectivity index (χ0) is 11.1. The summed E-state index contributed by atoms with van der Waals surface area (Å²) in [5, 5.41) is 11.5. The first-order valence-electron chi connectivity index (χ1n) is 4.94. The predicted molar refractivity (Wildman–Crippen MR) is 60.3 cm³/mol. The van der Waals surface area contributed by atoms with Crippen LogP contribution in [0.3, 0.4) is 0 Å². The monoisotopic (exact) mass is 204 g/mol. The maximum absolute atomic E-state index is 8.46. The molecule has 0 saturated heterocycles. The zero-order valence-corrected chi connectivity index (χ0v) is 9.20. The molecule has 0 fully saturated rings. The molecule has 0 aliphatic heterocycles. The number of hydrogen-bond donors (Lipinski definition) is 1. The van der Waals surface area contributed by atoms with Gasteiger partial charge < -0.3 is 5.32 Å². The highest BCUT2D eigenvalue weighted by molar-refractivity contribution is 5.42. The van der Waals surface area contributed by atoms with E-state index in [1.54, 1.807) is 6.20 Å². The predicted octanol–water partition coefficient (Wildman–Crippen LogP) is 1.47. The fourth-order valence-electron chi connectivity index (χ4n) is 1.32. The van der Waals surface area contributed by atoms with Crippen LogP contribution in [-0.4, -0.2) is 30.5 Å². The van der Waals surface area contributed by atoms with Crippen molar-refractivity contribution in [1.82, 2.24) is 9.88 Å². The summed E-state index contributed by atoms with van der Waals surface area (Å²) in [5.74, 6) is 0. The summed E-state index contributed by atoms with van der Waals surface area (Å²) >= 11 is 0. The molecule has 0 atom stereocenters. The molecule has 1 aromatic rings. The lowest BCUT2D eigenvalue weighted by molar-refractivity contribution is 0.331. The Morgan fingerprint density at radius 3 is 3.07 bits per heavy atom. The minimum absolute atomic E-state index is 0.558. The summed E-state index contributed by atoms with van der Waals surface area (Å²) < 4.78 is 0. The summed E-state index contributed by atoms with van der Waals surface area (Å²) in [6, 6.07) is 6.08. The molecule has 0 aliphatic carbocycles. The molecule has 0 amide bonds. The van der Waals surface area contributed by atoms with Crippen molar-refractivity contribution >= 4 is 5.69 Å². The van der Waals surface area contributed by atoms with Gasteiger partial charge in [-0.3, -0.25) is 9.88 Å². The molecule has 15 heavy (non-hydrogen) atoms. The highest BCUT2D eigenvalue weighted by Gasteiger charge is 2.01. The Kier molecular flexibility index (Phi) is 4.58. The maximum Gasteiger partial charge on any atom is 0.0635 e. The van der Waals surface area contributed by atoms with Gasteiger partial charge in [0.15, 0.2) is 0 Å². The second-order valence-electron chi connectivity index (χ2n) is 3.43. The molecule has 1 heterocycles. The molecule has 0 aliphatic rings. The molecule has 80 valence electrons. The van der Waals surface area contributed by atoms with Crippen molar-refractivity contribution < 1.29 is 0 Å². The van der Waals surface area contributed by atoms with E-state index < -0.39 is 0 Å². The topological polar surface area (TPSA) is 52.0 Å². The van der Waals surface area contributed by atoms with Gasteiger partial charge in [-0.25, -0.2) is 0 Å². The average Bonchev–Trinajstić information content (AvgIpc) is 2.26. The third-order valence-electron chi connectivity index (χ3n) is 2.14. The maximum atomic E-state index is 8.46. The van der Waals surface area contributed by atoms with Gasteiger partial charge in [-0.2, -0.15) is 5.26 Å². The Morgan fingerprint density at radius 2 is 2.40 bits per heavy atom. The number of aromatic nitrogens is 1. The first kappa shape index (κ1) is 11.5. The van der Waals surface area contributed by atoms with Gasteiger partial charge >= 0.3 is 0 Å². The van der Waals surface area contributed by atoms with Crippen LogP contribution in [-0.2, 0) is 6.54 Å². The molecule has 0 aromatic carbocycles. The first-order chi connectivity index (χ1) is 7.26. The summed E-state index contributed by atoms with van der Waals surface area (Å²) in [5.41, 5.74) is 2.08. The molecule has 0 bridgehead atoms. The lowest BCUT2D eigenvalue weighted by Crippen LogP contribution is -2.19. The number of anilines is 1. The highest BCUT2D eigenvalue weighted by atomic mass is 15.1. The van der Waals surface area contributed by atoms with Gasteiger partial charge in [-0.15, -0.1) is 0 Å². The van der Waals surface area contributed by atoms with Crippen molar-refractivity contribution in [3.8, 4) is 6.07 Å². The van der Waals surface area contributed by atoms with Crippen molar-refractivity contribution in [1.29, 1.82) is 5.26 Å². The summed E-state index contributed by atoms with van der Waals surface area (Å²) in [7, 11) is 3.88. The smallest absolute Gasteiger partial charge is 0.0635 e. The Bertz CT molecular complexity index is 343. The van der Waals surface area contributed by atoms with E-state index >= 15 is 0 Å². The standard InChI is InChI=1S/C11H16N4/c1-13-10-4-6-14-11(8-10)9-15(2)7-3-5-12/h4,6,8H,3,7,9H2,1-2H3,(H,13,14). The molecule has 1 N–H and O–H groups in total. The number of rotatable bonds is 5. The van der Waals surface area contributed by atoms with E-state index in [1.165, 1.54) is 0 Å². The number of pyridine rings is 1. The Balaban J connectivity index is 2.52. The molecule has 0 saturated carbocycles. The molecular formula is C11H16N4. The van der Waals surface area contributed by atoms with Crippen LogP contribution in [0.1, 0.15) is 12.1 Å². The Hall–Kier alpha value is -1.60. The fraction of sp³-hybridized carbons (Fsp3) is 0.455. The van der Waals surface area contributed by atoms with Crippen molar-refractivity contribution in [3.05, 3.63) is 24.0 Å². The van der Waals surface area contributed by atoms with E-state index in [0.717, 1.165) is 24.5 Å². The SMILES string of the molecule is CNc1ccnc(CN(C)CCC#N)c1. The number of nitrogens with zero attached hydrogens (tertiary/aromatic N) is 3. The van der Waals surface area contributed by atoms with Crippen LogP contribution >= 0.6 is 0 Å². The lowest BCUT2D eigenvalue weighted by atomic mass is 10.3. The quantitative estimate of drug-likeness (QED) is 0.789. The van der Waals surface area contributed by atoms with Crippen molar-refractivity contribution in [3.63, 3.8) is 0 Å². The first-order valence-corrected chi connectivity index (χ1v) is 4.94. The lowest BCUT2D eigenvalue weighted by Gasteiger charge is -2.14. The van der Waals surface area contributed by atoms with Crippen molar-refractivity contribution in [2.45, 2.75) is 13.0 Å².